The molecule has 0 aliphatic rings. The van der Waals surface area contributed by atoms with Crippen molar-refractivity contribution in [2.45, 2.75) is 32.8 Å². The number of carbonyl (C=O) groups is 2. The molecule has 0 spiro atoms. The van der Waals surface area contributed by atoms with Crippen LogP contribution in [0.15, 0.2) is 77.3 Å². The zero-order chi connectivity index (χ0) is 24.9. The highest BCUT2D eigenvalue weighted by atomic mass is 35.5. The number of aromatic nitrogens is 1. The van der Waals surface area contributed by atoms with Crippen LogP contribution < -0.4 is 0 Å². The average molecular weight is 490 g/mol. The third-order valence-electron chi connectivity index (χ3n) is 5.72. The van der Waals surface area contributed by atoms with Gasteiger partial charge in [-0.3, -0.25) is 9.59 Å². The van der Waals surface area contributed by atoms with Crippen molar-refractivity contribution in [1.29, 1.82) is 0 Å². The zero-order valence-electron chi connectivity index (χ0n) is 19.3. The molecule has 0 fully saturated rings. The van der Waals surface area contributed by atoms with Crippen LogP contribution in [0, 0.1) is 6.92 Å². The Hall–Kier alpha value is -3.90. The first-order valence-corrected chi connectivity index (χ1v) is 11.5. The number of nitrogens with zero attached hydrogens (tertiary/aromatic N) is 1. The first-order valence-electron chi connectivity index (χ1n) is 11.1. The summed E-state index contributed by atoms with van der Waals surface area (Å²) < 4.78 is 11.2. The molecule has 0 saturated carbocycles. The van der Waals surface area contributed by atoms with Gasteiger partial charge < -0.3 is 14.4 Å². The van der Waals surface area contributed by atoms with Crippen molar-refractivity contribution in [3.63, 3.8) is 0 Å². The highest BCUT2D eigenvalue weighted by Crippen LogP contribution is 2.31. The van der Waals surface area contributed by atoms with Crippen LogP contribution in [0.2, 0.25) is 5.02 Å². The summed E-state index contributed by atoms with van der Waals surface area (Å²) in [7, 11) is 0. The summed E-state index contributed by atoms with van der Waals surface area (Å²) in [5, 5.41) is 13.6. The van der Waals surface area contributed by atoms with Crippen LogP contribution in [0.3, 0.4) is 0 Å². The topological polar surface area (TPSA) is 89.6 Å². The molecule has 7 heteroatoms. The van der Waals surface area contributed by atoms with Crippen molar-refractivity contribution in [3.8, 4) is 22.5 Å². The number of hydrogen-bond acceptors (Lipinski definition) is 5. The number of halogens is 1. The number of esters is 1. The summed E-state index contributed by atoms with van der Waals surface area (Å²) in [6, 6.07) is 22.3. The summed E-state index contributed by atoms with van der Waals surface area (Å²) in [5.41, 5.74) is 5.39. The van der Waals surface area contributed by atoms with Crippen molar-refractivity contribution in [1.82, 2.24) is 5.16 Å². The van der Waals surface area contributed by atoms with Crippen LogP contribution in [-0.2, 0) is 27.2 Å². The highest BCUT2D eigenvalue weighted by molar-refractivity contribution is 6.31. The Kier molecular flexibility index (Phi) is 7.32. The Morgan fingerprint density at radius 2 is 1.69 bits per heavy atom. The Labute approximate surface area is 208 Å². The third kappa shape index (κ3) is 5.78. The monoisotopic (exact) mass is 489 g/mol. The number of carboxylic acids is 1. The van der Waals surface area contributed by atoms with Crippen LogP contribution in [0.1, 0.15) is 35.4 Å². The van der Waals surface area contributed by atoms with E-state index in [2.05, 4.69) is 5.16 Å². The van der Waals surface area contributed by atoms with Gasteiger partial charge in [-0.25, -0.2) is 0 Å². The van der Waals surface area contributed by atoms with Crippen molar-refractivity contribution < 1.29 is 24.0 Å². The Balaban J connectivity index is 1.51. The molecule has 0 saturated heterocycles. The summed E-state index contributed by atoms with van der Waals surface area (Å²) in [4.78, 5) is 23.7. The standard InChI is InChI=1S/C28H24ClNO5/c1-17-24(16-27(33)34-18(2)23-8-3-4-9-25(23)29)28(35-30-17)21-12-10-20(11-13-21)22-7-5-6-19(14-22)15-26(31)32/h3-14,18H,15-16H2,1-2H3,(H,31,32). The van der Waals surface area contributed by atoms with Gasteiger partial charge in [0.15, 0.2) is 5.76 Å². The molecular weight excluding hydrogens is 466 g/mol. The van der Waals surface area contributed by atoms with E-state index in [1.807, 2.05) is 60.7 Å². The molecule has 0 aliphatic carbocycles. The maximum atomic E-state index is 12.7. The molecule has 0 bridgehead atoms. The maximum absolute atomic E-state index is 12.7. The smallest absolute Gasteiger partial charge is 0.311 e. The van der Waals surface area contributed by atoms with E-state index in [1.54, 1.807) is 26.0 Å². The lowest BCUT2D eigenvalue weighted by Gasteiger charge is -2.15. The first kappa shape index (κ1) is 24.2. The molecule has 1 heterocycles. The van der Waals surface area contributed by atoms with Gasteiger partial charge in [0.05, 0.1) is 18.5 Å². The van der Waals surface area contributed by atoms with E-state index in [4.69, 9.17) is 26.0 Å². The largest absolute Gasteiger partial charge is 0.481 e. The van der Waals surface area contributed by atoms with E-state index in [-0.39, 0.29) is 12.8 Å². The van der Waals surface area contributed by atoms with Crippen LogP contribution in [-0.4, -0.2) is 22.2 Å². The van der Waals surface area contributed by atoms with Gasteiger partial charge in [0.2, 0.25) is 0 Å². The highest BCUT2D eigenvalue weighted by Gasteiger charge is 2.21. The number of hydrogen-bond donors (Lipinski definition) is 1. The van der Waals surface area contributed by atoms with Crippen LogP contribution in [0.5, 0.6) is 0 Å². The molecule has 1 N–H and O–H groups in total. The molecule has 0 amide bonds. The van der Waals surface area contributed by atoms with Crippen molar-refractivity contribution >= 4 is 23.5 Å². The first-order chi connectivity index (χ1) is 16.8. The van der Waals surface area contributed by atoms with Crippen molar-refractivity contribution in [2.24, 2.45) is 0 Å². The van der Waals surface area contributed by atoms with E-state index in [0.29, 0.717) is 22.0 Å². The van der Waals surface area contributed by atoms with Crippen molar-refractivity contribution in [3.05, 3.63) is 100 Å². The third-order valence-corrected chi connectivity index (χ3v) is 6.06. The molecule has 4 aromatic rings. The Morgan fingerprint density at radius 1 is 0.971 bits per heavy atom. The van der Waals surface area contributed by atoms with Gasteiger partial charge in [0.25, 0.3) is 0 Å². The molecule has 1 atom stereocenters. The van der Waals surface area contributed by atoms with Gasteiger partial charge >= 0.3 is 11.9 Å². The fourth-order valence-electron chi connectivity index (χ4n) is 3.92. The van der Waals surface area contributed by atoms with E-state index in [9.17, 15) is 9.59 Å². The molecule has 178 valence electrons. The predicted octanol–water partition coefficient (Wildman–Crippen LogP) is 6.44. The summed E-state index contributed by atoms with van der Waals surface area (Å²) in [6.45, 7) is 3.57. The number of aliphatic carboxylic acids is 1. The average Bonchev–Trinajstić information content (AvgIpc) is 3.19. The number of carboxylic acid groups (broad SMARTS) is 1. The second kappa shape index (κ2) is 10.6. The van der Waals surface area contributed by atoms with E-state index < -0.39 is 18.0 Å². The normalized spacial score (nSPS) is 11.7. The van der Waals surface area contributed by atoms with Crippen molar-refractivity contribution in [2.75, 3.05) is 0 Å². The van der Waals surface area contributed by atoms with Gasteiger partial charge in [0, 0.05) is 21.7 Å². The molecule has 4 rings (SSSR count). The lowest BCUT2D eigenvalue weighted by molar-refractivity contribution is -0.147. The van der Waals surface area contributed by atoms with Gasteiger partial charge in [0.1, 0.15) is 6.10 Å². The summed E-state index contributed by atoms with van der Waals surface area (Å²) in [6.07, 6.45) is -0.507. The molecule has 3 aromatic carbocycles. The summed E-state index contributed by atoms with van der Waals surface area (Å²) in [5.74, 6) is -0.765. The lowest BCUT2D eigenvalue weighted by atomic mass is 9.98. The molecule has 0 aliphatic heterocycles. The molecule has 6 nitrogen and oxygen atoms in total. The van der Waals surface area contributed by atoms with Gasteiger partial charge in [-0.2, -0.15) is 0 Å². The lowest BCUT2D eigenvalue weighted by Crippen LogP contribution is -2.12. The quantitative estimate of drug-likeness (QED) is 0.286. The van der Waals surface area contributed by atoms with Crippen LogP contribution in [0.25, 0.3) is 22.5 Å². The maximum Gasteiger partial charge on any atom is 0.311 e. The minimum atomic E-state index is -0.870. The minimum absolute atomic E-state index is 0.0123. The number of rotatable bonds is 8. The minimum Gasteiger partial charge on any atom is -0.481 e. The molecule has 1 aromatic heterocycles. The molecule has 1 unspecified atom stereocenters. The second-order valence-electron chi connectivity index (χ2n) is 8.25. The zero-order valence-corrected chi connectivity index (χ0v) is 20.1. The van der Waals surface area contributed by atoms with Crippen LogP contribution >= 0.6 is 11.6 Å². The van der Waals surface area contributed by atoms with E-state index >= 15 is 0 Å². The molecular formula is C28H24ClNO5. The Bertz CT molecular complexity index is 1360. The fourth-order valence-corrected chi connectivity index (χ4v) is 4.21. The van der Waals surface area contributed by atoms with E-state index in [0.717, 1.165) is 27.8 Å². The van der Waals surface area contributed by atoms with Gasteiger partial charge in [-0.05, 0) is 36.6 Å². The predicted molar refractivity (Wildman–Crippen MR) is 133 cm³/mol. The van der Waals surface area contributed by atoms with Gasteiger partial charge in [-0.1, -0.05) is 83.5 Å². The number of benzene rings is 3. The second-order valence-corrected chi connectivity index (χ2v) is 8.66. The number of ether oxygens (including phenoxy) is 1. The SMILES string of the molecule is Cc1noc(-c2ccc(-c3cccc(CC(=O)O)c3)cc2)c1CC(=O)OC(C)c1ccccc1Cl. The molecule has 0 radical (unpaired) electrons. The number of aryl methyl sites for hydroxylation is 1. The summed E-state index contributed by atoms with van der Waals surface area (Å²) >= 11 is 6.22. The van der Waals surface area contributed by atoms with Crippen LogP contribution in [0.4, 0.5) is 0 Å². The number of carbonyl (C=O) groups excluding carboxylic acids is 1. The Morgan fingerprint density at radius 3 is 2.40 bits per heavy atom. The molecule has 35 heavy (non-hydrogen) atoms. The van der Waals surface area contributed by atoms with Gasteiger partial charge in [-0.15, -0.1) is 0 Å². The van der Waals surface area contributed by atoms with E-state index in [1.165, 1.54) is 0 Å². The fraction of sp³-hybridized carbons (Fsp3) is 0.179.